The fourth-order valence-electron chi connectivity index (χ4n) is 1.43. The van der Waals surface area contributed by atoms with Gasteiger partial charge < -0.3 is 5.32 Å². The van der Waals surface area contributed by atoms with Crippen LogP contribution in [-0.2, 0) is 4.79 Å². The van der Waals surface area contributed by atoms with E-state index in [9.17, 15) is 4.79 Å². The predicted octanol–water partition coefficient (Wildman–Crippen LogP) is 3.59. The van der Waals surface area contributed by atoms with E-state index in [1.165, 1.54) is 10.5 Å². The van der Waals surface area contributed by atoms with Gasteiger partial charge in [0.15, 0.2) is 0 Å². The van der Waals surface area contributed by atoms with E-state index in [4.69, 9.17) is 0 Å². The Balaban J connectivity index is 2.07. The lowest BCUT2D eigenvalue weighted by Crippen LogP contribution is -2.27. The first kappa shape index (κ1) is 16.4. The molecule has 0 aliphatic carbocycles. The average molecular weight is 297 g/mol. The molecule has 4 heteroatoms. The molecule has 0 saturated heterocycles. The van der Waals surface area contributed by atoms with Gasteiger partial charge >= 0.3 is 0 Å². The Labute approximate surface area is 125 Å². The molecule has 0 radical (unpaired) electrons. The molecule has 1 N–H and O–H groups in total. The Morgan fingerprint density at radius 3 is 2.58 bits per heavy atom. The fraction of sp³-hybridized carbons (Fsp3) is 0.533. The van der Waals surface area contributed by atoms with Gasteiger partial charge in [-0.2, -0.15) is 11.8 Å². The van der Waals surface area contributed by atoms with Crippen LogP contribution in [0.15, 0.2) is 29.2 Å². The number of nitrogens with one attached hydrogen (secondary N) is 1. The van der Waals surface area contributed by atoms with Gasteiger partial charge in [0.05, 0.1) is 5.75 Å². The number of aryl methyl sites for hydroxylation is 1. The number of amides is 1. The van der Waals surface area contributed by atoms with Gasteiger partial charge in [-0.1, -0.05) is 31.5 Å². The van der Waals surface area contributed by atoms with Crippen LogP contribution in [0.5, 0.6) is 0 Å². The molecular weight excluding hydrogens is 274 g/mol. The summed E-state index contributed by atoms with van der Waals surface area (Å²) < 4.78 is 0. The summed E-state index contributed by atoms with van der Waals surface area (Å²) in [6.45, 7) is 7.16. The molecule has 0 saturated carbocycles. The Hall–Kier alpha value is -0.610. The SMILES string of the molecule is Cc1ccc(SCCNC(=O)CSCC(C)C)cc1. The molecule has 2 nitrogen and oxygen atoms in total. The molecule has 1 aromatic rings. The van der Waals surface area contributed by atoms with Crippen molar-refractivity contribution < 1.29 is 4.79 Å². The molecule has 1 amide bonds. The highest BCUT2D eigenvalue weighted by molar-refractivity contribution is 8.00. The van der Waals surface area contributed by atoms with Crippen molar-refractivity contribution in [3.8, 4) is 0 Å². The fourth-order valence-corrected chi connectivity index (χ4v) is 3.08. The van der Waals surface area contributed by atoms with Crippen LogP contribution in [0.2, 0.25) is 0 Å². The third-order valence-electron chi connectivity index (χ3n) is 2.40. The molecule has 0 heterocycles. The molecule has 0 spiro atoms. The third kappa shape index (κ3) is 8.22. The van der Waals surface area contributed by atoms with E-state index < -0.39 is 0 Å². The van der Waals surface area contributed by atoms with Gasteiger partial charge in [0, 0.05) is 17.2 Å². The normalized spacial score (nSPS) is 10.7. The van der Waals surface area contributed by atoms with Crippen molar-refractivity contribution in [2.45, 2.75) is 25.7 Å². The van der Waals surface area contributed by atoms with Crippen molar-refractivity contribution >= 4 is 29.4 Å². The zero-order valence-corrected chi connectivity index (χ0v) is 13.6. The van der Waals surface area contributed by atoms with Crippen LogP contribution in [0.3, 0.4) is 0 Å². The van der Waals surface area contributed by atoms with Gasteiger partial charge in [-0.05, 0) is 30.7 Å². The van der Waals surface area contributed by atoms with Crippen molar-refractivity contribution in [1.29, 1.82) is 0 Å². The second-order valence-electron chi connectivity index (χ2n) is 4.92. The Morgan fingerprint density at radius 2 is 1.95 bits per heavy atom. The molecule has 0 fully saturated rings. The molecule has 0 unspecified atom stereocenters. The minimum atomic E-state index is 0.148. The topological polar surface area (TPSA) is 29.1 Å². The molecular formula is C15H23NOS2. The standard InChI is InChI=1S/C15H23NOS2/c1-12(2)10-18-11-15(17)16-8-9-19-14-6-4-13(3)5-7-14/h4-7,12H,8-11H2,1-3H3,(H,16,17). The van der Waals surface area contributed by atoms with E-state index in [-0.39, 0.29) is 5.91 Å². The Kier molecular flexibility index (Phi) is 8.07. The van der Waals surface area contributed by atoms with E-state index in [0.29, 0.717) is 11.7 Å². The van der Waals surface area contributed by atoms with E-state index >= 15 is 0 Å². The van der Waals surface area contributed by atoms with E-state index in [1.807, 2.05) is 0 Å². The van der Waals surface area contributed by atoms with Crippen molar-refractivity contribution in [3.05, 3.63) is 29.8 Å². The first-order valence-corrected chi connectivity index (χ1v) is 8.76. The summed E-state index contributed by atoms with van der Waals surface area (Å²) in [5.41, 5.74) is 1.28. The molecule has 106 valence electrons. The van der Waals surface area contributed by atoms with Gasteiger partial charge in [0.1, 0.15) is 0 Å². The summed E-state index contributed by atoms with van der Waals surface area (Å²) in [5.74, 6) is 3.34. The minimum Gasteiger partial charge on any atom is -0.355 e. The zero-order valence-electron chi connectivity index (χ0n) is 11.9. The summed E-state index contributed by atoms with van der Waals surface area (Å²) in [4.78, 5) is 12.8. The maximum Gasteiger partial charge on any atom is 0.230 e. The molecule has 0 aromatic heterocycles. The molecule has 0 aliphatic heterocycles. The largest absolute Gasteiger partial charge is 0.355 e. The lowest BCUT2D eigenvalue weighted by Gasteiger charge is -2.06. The van der Waals surface area contributed by atoms with Crippen LogP contribution in [-0.4, -0.2) is 29.7 Å². The molecule has 1 aromatic carbocycles. The molecule has 1 rings (SSSR count). The van der Waals surface area contributed by atoms with Crippen molar-refractivity contribution in [2.24, 2.45) is 5.92 Å². The summed E-state index contributed by atoms with van der Waals surface area (Å²) in [7, 11) is 0. The van der Waals surface area contributed by atoms with Crippen molar-refractivity contribution in [2.75, 3.05) is 23.8 Å². The lowest BCUT2D eigenvalue weighted by atomic mass is 10.2. The quantitative estimate of drug-likeness (QED) is 0.587. The van der Waals surface area contributed by atoms with Gasteiger partial charge in [0.25, 0.3) is 0 Å². The van der Waals surface area contributed by atoms with E-state index in [0.717, 1.165) is 18.1 Å². The first-order chi connectivity index (χ1) is 9.08. The summed E-state index contributed by atoms with van der Waals surface area (Å²) in [6.07, 6.45) is 0. The Bertz CT molecular complexity index is 376. The number of thioether (sulfide) groups is 2. The Morgan fingerprint density at radius 1 is 1.26 bits per heavy atom. The maximum absolute atomic E-state index is 11.5. The third-order valence-corrected chi connectivity index (χ3v) is 4.78. The first-order valence-electron chi connectivity index (χ1n) is 6.62. The second kappa shape index (κ2) is 9.32. The highest BCUT2D eigenvalue weighted by Crippen LogP contribution is 2.17. The molecule has 0 atom stereocenters. The van der Waals surface area contributed by atoms with Gasteiger partial charge in [-0.3, -0.25) is 4.79 Å². The molecule has 0 aliphatic rings. The number of rotatable bonds is 8. The number of hydrogen-bond donors (Lipinski definition) is 1. The van der Waals surface area contributed by atoms with Crippen molar-refractivity contribution in [3.63, 3.8) is 0 Å². The highest BCUT2D eigenvalue weighted by Gasteiger charge is 2.02. The lowest BCUT2D eigenvalue weighted by molar-refractivity contribution is -0.118. The van der Waals surface area contributed by atoms with E-state index in [2.05, 4.69) is 50.4 Å². The van der Waals surface area contributed by atoms with E-state index in [1.54, 1.807) is 23.5 Å². The number of carbonyl (C=O) groups excluding carboxylic acids is 1. The van der Waals surface area contributed by atoms with Crippen LogP contribution < -0.4 is 5.32 Å². The van der Waals surface area contributed by atoms with Crippen LogP contribution in [0.1, 0.15) is 19.4 Å². The van der Waals surface area contributed by atoms with Crippen LogP contribution in [0.25, 0.3) is 0 Å². The molecule has 0 bridgehead atoms. The highest BCUT2D eigenvalue weighted by atomic mass is 32.2. The van der Waals surface area contributed by atoms with Gasteiger partial charge in [-0.25, -0.2) is 0 Å². The average Bonchev–Trinajstić information content (AvgIpc) is 2.36. The predicted molar refractivity (Wildman–Crippen MR) is 87.1 cm³/mol. The number of hydrogen-bond acceptors (Lipinski definition) is 3. The van der Waals surface area contributed by atoms with Crippen molar-refractivity contribution in [1.82, 2.24) is 5.32 Å². The van der Waals surface area contributed by atoms with Crippen LogP contribution >= 0.6 is 23.5 Å². The summed E-state index contributed by atoms with van der Waals surface area (Å²) >= 11 is 3.48. The van der Waals surface area contributed by atoms with Gasteiger partial charge in [0.2, 0.25) is 5.91 Å². The smallest absolute Gasteiger partial charge is 0.230 e. The minimum absolute atomic E-state index is 0.148. The summed E-state index contributed by atoms with van der Waals surface area (Å²) in [5, 5.41) is 2.96. The maximum atomic E-state index is 11.5. The molecule has 19 heavy (non-hydrogen) atoms. The van der Waals surface area contributed by atoms with Crippen LogP contribution in [0, 0.1) is 12.8 Å². The number of carbonyl (C=O) groups is 1. The van der Waals surface area contributed by atoms with Crippen LogP contribution in [0.4, 0.5) is 0 Å². The second-order valence-corrected chi connectivity index (χ2v) is 7.12. The summed E-state index contributed by atoms with van der Waals surface area (Å²) in [6, 6.07) is 8.48. The number of benzene rings is 1. The monoisotopic (exact) mass is 297 g/mol. The van der Waals surface area contributed by atoms with Gasteiger partial charge in [-0.15, -0.1) is 11.8 Å². The zero-order chi connectivity index (χ0) is 14.1.